The summed E-state index contributed by atoms with van der Waals surface area (Å²) in [7, 11) is 0. The van der Waals surface area contributed by atoms with Gasteiger partial charge in [0.15, 0.2) is 0 Å². The van der Waals surface area contributed by atoms with Crippen LogP contribution in [0.5, 0.6) is 0 Å². The number of hydrogen-bond acceptors (Lipinski definition) is 3. The summed E-state index contributed by atoms with van der Waals surface area (Å²) in [6.45, 7) is 4.96. The smallest absolute Gasteiger partial charge is 0.223 e. The lowest BCUT2D eigenvalue weighted by Crippen LogP contribution is -2.46. The second-order valence-corrected chi connectivity index (χ2v) is 5.56. The first kappa shape index (κ1) is 11.8. The Morgan fingerprint density at radius 3 is 2.94 bits per heavy atom. The number of aryl methyl sites for hydroxylation is 1. The number of rotatable bonds is 2. The second-order valence-electron chi connectivity index (χ2n) is 5.56. The van der Waals surface area contributed by atoms with E-state index in [1.54, 1.807) is 0 Å². The molecule has 0 bridgehead atoms. The van der Waals surface area contributed by atoms with Gasteiger partial charge in [0.2, 0.25) is 5.91 Å². The van der Waals surface area contributed by atoms with Crippen LogP contribution in [0.15, 0.2) is 16.5 Å². The molecule has 18 heavy (non-hydrogen) atoms. The highest BCUT2D eigenvalue weighted by atomic mass is 16.5. The van der Waals surface area contributed by atoms with Crippen LogP contribution in [0.4, 0.5) is 0 Å². The number of furan rings is 1. The van der Waals surface area contributed by atoms with Crippen molar-refractivity contribution in [3.8, 4) is 0 Å². The lowest BCUT2D eigenvalue weighted by molar-refractivity contribution is -0.138. The maximum atomic E-state index is 12.0. The Bertz CT molecular complexity index is 446. The van der Waals surface area contributed by atoms with Gasteiger partial charge in [-0.3, -0.25) is 4.79 Å². The number of piperidine rings is 1. The predicted molar refractivity (Wildman–Crippen MR) is 66.0 cm³/mol. The van der Waals surface area contributed by atoms with Crippen molar-refractivity contribution >= 4 is 5.91 Å². The molecule has 0 unspecified atom stereocenters. The van der Waals surface area contributed by atoms with Gasteiger partial charge in [-0.05, 0) is 31.9 Å². The lowest BCUT2D eigenvalue weighted by atomic mass is 9.79. The van der Waals surface area contributed by atoms with Crippen molar-refractivity contribution in [1.82, 2.24) is 4.90 Å². The van der Waals surface area contributed by atoms with Crippen molar-refractivity contribution < 1.29 is 13.9 Å². The molecular formula is C14H19NO3. The summed E-state index contributed by atoms with van der Waals surface area (Å²) in [6.07, 6.45) is 2.69. The minimum atomic E-state index is 0.204. The average molecular weight is 249 g/mol. The van der Waals surface area contributed by atoms with Gasteiger partial charge in [-0.1, -0.05) is 0 Å². The third kappa shape index (κ3) is 2.17. The molecule has 0 aliphatic carbocycles. The van der Waals surface area contributed by atoms with Gasteiger partial charge in [0.1, 0.15) is 11.5 Å². The van der Waals surface area contributed by atoms with Gasteiger partial charge in [0.05, 0.1) is 13.2 Å². The molecule has 1 amide bonds. The standard InChI is InChI=1S/C14H19NO3/c1-11-2-3-12(18-11)8-15-9-14(5-4-13(15)16)6-7-17-10-14/h2-3H,4-10H2,1H3/t14-/m1/s1. The monoisotopic (exact) mass is 249 g/mol. The highest BCUT2D eigenvalue weighted by Crippen LogP contribution is 2.38. The van der Waals surface area contributed by atoms with Gasteiger partial charge in [-0.15, -0.1) is 0 Å². The van der Waals surface area contributed by atoms with Crippen LogP contribution in [-0.4, -0.2) is 30.6 Å². The fourth-order valence-electron chi connectivity index (χ4n) is 2.98. The molecule has 0 saturated carbocycles. The number of amides is 1. The summed E-state index contributed by atoms with van der Waals surface area (Å²) in [6, 6.07) is 3.90. The SMILES string of the molecule is Cc1ccc(CN2C[C@]3(CCOC3)CCC2=O)o1. The van der Waals surface area contributed by atoms with Crippen LogP contribution in [0.3, 0.4) is 0 Å². The first-order chi connectivity index (χ1) is 8.67. The van der Waals surface area contributed by atoms with Crippen molar-refractivity contribution in [2.75, 3.05) is 19.8 Å². The molecule has 1 aromatic heterocycles. The molecule has 2 aliphatic heterocycles. The van der Waals surface area contributed by atoms with E-state index in [4.69, 9.17) is 9.15 Å². The Hall–Kier alpha value is -1.29. The van der Waals surface area contributed by atoms with E-state index >= 15 is 0 Å². The van der Waals surface area contributed by atoms with E-state index in [0.717, 1.165) is 44.1 Å². The van der Waals surface area contributed by atoms with Crippen molar-refractivity contribution in [2.24, 2.45) is 5.41 Å². The topological polar surface area (TPSA) is 42.7 Å². The average Bonchev–Trinajstić information content (AvgIpc) is 2.95. The van der Waals surface area contributed by atoms with Crippen LogP contribution in [0, 0.1) is 12.3 Å². The highest BCUT2D eigenvalue weighted by Gasteiger charge is 2.41. The molecule has 4 nitrogen and oxygen atoms in total. The third-order valence-electron chi connectivity index (χ3n) is 4.08. The minimum Gasteiger partial charge on any atom is -0.464 e. The van der Waals surface area contributed by atoms with E-state index < -0.39 is 0 Å². The third-order valence-corrected chi connectivity index (χ3v) is 4.08. The van der Waals surface area contributed by atoms with Crippen molar-refractivity contribution in [3.63, 3.8) is 0 Å². The Kier molecular flexibility index (Phi) is 2.90. The van der Waals surface area contributed by atoms with Gasteiger partial charge < -0.3 is 14.1 Å². The zero-order chi connectivity index (χ0) is 12.6. The number of nitrogens with zero attached hydrogens (tertiary/aromatic N) is 1. The van der Waals surface area contributed by atoms with E-state index in [-0.39, 0.29) is 11.3 Å². The highest BCUT2D eigenvalue weighted by molar-refractivity contribution is 5.77. The molecule has 2 aliphatic rings. The zero-order valence-corrected chi connectivity index (χ0v) is 10.8. The molecule has 4 heteroatoms. The molecule has 1 atom stereocenters. The molecule has 2 fully saturated rings. The molecule has 0 radical (unpaired) electrons. The number of hydrogen-bond donors (Lipinski definition) is 0. The Morgan fingerprint density at radius 1 is 1.39 bits per heavy atom. The van der Waals surface area contributed by atoms with E-state index in [9.17, 15) is 4.79 Å². The van der Waals surface area contributed by atoms with Crippen LogP contribution in [0.1, 0.15) is 30.8 Å². The van der Waals surface area contributed by atoms with Crippen molar-refractivity contribution in [2.45, 2.75) is 32.7 Å². The summed E-state index contributed by atoms with van der Waals surface area (Å²) in [5.41, 5.74) is 0.204. The predicted octanol–water partition coefficient (Wildman–Crippen LogP) is 2.12. The summed E-state index contributed by atoms with van der Waals surface area (Å²) in [4.78, 5) is 13.9. The molecule has 3 heterocycles. The number of ether oxygens (including phenoxy) is 1. The number of likely N-dealkylation sites (tertiary alicyclic amines) is 1. The summed E-state index contributed by atoms with van der Waals surface area (Å²) in [5, 5.41) is 0. The Morgan fingerprint density at radius 2 is 2.28 bits per heavy atom. The van der Waals surface area contributed by atoms with Crippen LogP contribution < -0.4 is 0 Å². The quantitative estimate of drug-likeness (QED) is 0.806. The van der Waals surface area contributed by atoms with Gasteiger partial charge in [-0.25, -0.2) is 0 Å². The number of carbonyl (C=O) groups excluding carboxylic acids is 1. The van der Waals surface area contributed by atoms with E-state index in [1.165, 1.54) is 0 Å². The van der Waals surface area contributed by atoms with E-state index in [1.807, 2.05) is 24.0 Å². The van der Waals surface area contributed by atoms with E-state index in [2.05, 4.69) is 0 Å². The molecule has 98 valence electrons. The summed E-state index contributed by atoms with van der Waals surface area (Å²) < 4.78 is 11.1. The first-order valence-electron chi connectivity index (χ1n) is 6.58. The van der Waals surface area contributed by atoms with Crippen molar-refractivity contribution in [1.29, 1.82) is 0 Å². The number of carbonyl (C=O) groups is 1. The normalized spacial score (nSPS) is 28.3. The molecule has 2 saturated heterocycles. The first-order valence-corrected chi connectivity index (χ1v) is 6.58. The second kappa shape index (κ2) is 4.43. The molecule has 1 aromatic rings. The van der Waals surface area contributed by atoms with Gasteiger partial charge in [0.25, 0.3) is 0 Å². The lowest BCUT2D eigenvalue weighted by Gasteiger charge is -2.38. The van der Waals surface area contributed by atoms with Crippen LogP contribution >= 0.6 is 0 Å². The minimum absolute atomic E-state index is 0.204. The van der Waals surface area contributed by atoms with Crippen LogP contribution in [0.2, 0.25) is 0 Å². The summed E-state index contributed by atoms with van der Waals surface area (Å²) >= 11 is 0. The fourth-order valence-corrected chi connectivity index (χ4v) is 2.98. The molecular weight excluding hydrogens is 230 g/mol. The molecule has 0 N–H and O–H groups in total. The van der Waals surface area contributed by atoms with E-state index in [0.29, 0.717) is 13.0 Å². The van der Waals surface area contributed by atoms with Crippen LogP contribution in [0.25, 0.3) is 0 Å². The Balaban J connectivity index is 1.71. The summed E-state index contributed by atoms with van der Waals surface area (Å²) in [5.74, 6) is 2.01. The molecule has 0 aromatic carbocycles. The molecule has 3 rings (SSSR count). The van der Waals surface area contributed by atoms with Gasteiger partial charge in [-0.2, -0.15) is 0 Å². The van der Waals surface area contributed by atoms with Crippen LogP contribution in [-0.2, 0) is 16.1 Å². The Labute approximate surface area is 107 Å². The largest absolute Gasteiger partial charge is 0.464 e. The fraction of sp³-hybridized carbons (Fsp3) is 0.643. The van der Waals surface area contributed by atoms with Gasteiger partial charge in [0, 0.05) is 25.0 Å². The maximum Gasteiger partial charge on any atom is 0.223 e. The molecule has 1 spiro atoms. The van der Waals surface area contributed by atoms with Crippen molar-refractivity contribution in [3.05, 3.63) is 23.7 Å². The maximum absolute atomic E-state index is 12.0. The zero-order valence-electron chi connectivity index (χ0n) is 10.8. The van der Waals surface area contributed by atoms with Gasteiger partial charge >= 0.3 is 0 Å².